The molecule has 0 aromatic rings. The zero-order chi connectivity index (χ0) is 31.3. The molecule has 42 heavy (non-hydrogen) atoms. The zero-order valence-electron chi connectivity index (χ0n) is 23.3. The Morgan fingerprint density at radius 3 is 2.29 bits per heavy atom. The Labute approximate surface area is 243 Å². The van der Waals surface area contributed by atoms with Crippen molar-refractivity contribution in [3.63, 3.8) is 0 Å². The standard InChI is InChI=1S/C24H49N7O11/c25-3-13(35)23(39)31-11-1-9(27)16(21-10(28)2-12(34)14(40-21)5-30-4-8(26)6-32)19(37)22(11)42-24-20(38)17(29)18(36)15(7-33)41-24/h8-22,24,30,32-38H,1-7,25-29H2,(H,31,39). The highest BCUT2D eigenvalue weighted by Gasteiger charge is 2.53. The lowest BCUT2D eigenvalue weighted by Crippen LogP contribution is -2.70. The van der Waals surface area contributed by atoms with Gasteiger partial charge in [-0.05, 0) is 12.8 Å². The van der Waals surface area contributed by atoms with Crippen molar-refractivity contribution in [3.8, 4) is 0 Å². The van der Waals surface area contributed by atoms with Gasteiger partial charge in [0.2, 0.25) is 5.91 Å². The lowest BCUT2D eigenvalue weighted by Gasteiger charge is -2.51. The molecule has 1 saturated carbocycles. The Kier molecular flexibility index (Phi) is 13.2. The van der Waals surface area contributed by atoms with E-state index in [4.69, 9.17) is 48.0 Å². The van der Waals surface area contributed by atoms with Crippen LogP contribution in [0.2, 0.25) is 0 Å². The van der Waals surface area contributed by atoms with Gasteiger partial charge in [0.1, 0.15) is 30.5 Å². The van der Waals surface area contributed by atoms with Gasteiger partial charge in [-0.15, -0.1) is 0 Å². The zero-order valence-corrected chi connectivity index (χ0v) is 23.3. The van der Waals surface area contributed by atoms with E-state index in [0.717, 1.165) is 0 Å². The average Bonchev–Trinajstić information content (AvgIpc) is 2.96. The van der Waals surface area contributed by atoms with E-state index in [2.05, 4.69) is 10.6 Å². The van der Waals surface area contributed by atoms with Crippen LogP contribution in [0.4, 0.5) is 0 Å². The molecule has 18 heteroatoms. The van der Waals surface area contributed by atoms with Gasteiger partial charge in [0.25, 0.3) is 0 Å². The van der Waals surface area contributed by atoms with Crippen LogP contribution < -0.4 is 39.3 Å². The summed E-state index contributed by atoms with van der Waals surface area (Å²) in [6.45, 7) is -0.829. The van der Waals surface area contributed by atoms with Crippen LogP contribution in [-0.4, -0.2) is 166 Å². The Bertz CT molecular complexity index is 851. The van der Waals surface area contributed by atoms with Gasteiger partial charge in [-0.25, -0.2) is 0 Å². The molecule has 0 spiro atoms. The minimum Gasteiger partial charge on any atom is -0.395 e. The summed E-state index contributed by atoms with van der Waals surface area (Å²) in [5, 5.41) is 77.4. The van der Waals surface area contributed by atoms with Crippen molar-refractivity contribution in [1.29, 1.82) is 0 Å². The number of carbonyl (C=O) groups is 1. The molecule has 3 fully saturated rings. The molecule has 0 bridgehead atoms. The number of aliphatic hydroxyl groups excluding tert-OH is 7. The van der Waals surface area contributed by atoms with Crippen molar-refractivity contribution in [1.82, 2.24) is 10.6 Å². The van der Waals surface area contributed by atoms with E-state index in [-0.39, 0.29) is 39.1 Å². The summed E-state index contributed by atoms with van der Waals surface area (Å²) in [5.41, 5.74) is 29.9. The lowest BCUT2D eigenvalue weighted by atomic mass is 9.72. The predicted octanol–water partition coefficient (Wildman–Crippen LogP) is -8.59. The van der Waals surface area contributed by atoms with Crippen LogP contribution >= 0.6 is 0 Å². The molecule has 0 aromatic heterocycles. The normalized spacial score (nSPS) is 44.4. The largest absolute Gasteiger partial charge is 0.395 e. The molecule has 0 aromatic carbocycles. The SMILES string of the molecule is NCC(O)C(=O)NC1CC(N)C(C2OC(CNCC(N)CO)C(O)CC2N)C(O)C1OC1OC(CO)C(O)C(N)C1O. The molecule has 18 nitrogen and oxygen atoms in total. The topological polar surface area (TPSA) is 341 Å². The van der Waals surface area contributed by atoms with Crippen LogP contribution in [0.3, 0.4) is 0 Å². The van der Waals surface area contributed by atoms with Crippen molar-refractivity contribution in [2.75, 3.05) is 32.8 Å². The maximum Gasteiger partial charge on any atom is 0.250 e. The molecule has 3 rings (SSSR count). The molecule has 19 N–H and O–H groups in total. The molecule has 16 unspecified atom stereocenters. The van der Waals surface area contributed by atoms with Gasteiger partial charge in [0, 0.05) is 43.7 Å². The van der Waals surface area contributed by atoms with E-state index in [0.29, 0.717) is 0 Å². The fraction of sp³-hybridized carbons (Fsp3) is 0.958. The summed E-state index contributed by atoms with van der Waals surface area (Å²) in [4.78, 5) is 12.5. The fourth-order valence-electron chi connectivity index (χ4n) is 5.81. The summed E-state index contributed by atoms with van der Waals surface area (Å²) < 4.78 is 17.7. The molecular formula is C24H49N7O11. The highest BCUT2D eigenvalue weighted by Crippen LogP contribution is 2.36. The van der Waals surface area contributed by atoms with Crippen LogP contribution in [0.1, 0.15) is 12.8 Å². The molecule has 3 aliphatic rings. The monoisotopic (exact) mass is 611 g/mol. The molecule has 1 amide bonds. The highest BCUT2D eigenvalue weighted by molar-refractivity contribution is 5.81. The Morgan fingerprint density at radius 2 is 1.67 bits per heavy atom. The molecule has 2 saturated heterocycles. The fourth-order valence-corrected chi connectivity index (χ4v) is 5.81. The number of nitrogens with one attached hydrogen (secondary N) is 2. The first kappa shape index (κ1) is 35.3. The Morgan fingerprint density at radius 1 is 0.976 bits per heavy atom. The lowest BCUT2D eigenvalue weighted by molar-refractivity contribution is -0.306. The second-order valence-corrected chi connectivity index (χ2v) is 11.4. The predicted molar refractivity (Wildman–Crippen MR) is 145 cm³/mol. The van der Waals surface area contributed by atoms with Crippen molar-refractivity contribution in [3.05, 3.63) is 0 Å². The number of nitrogens with two attached hydrogens (primary N) is 5. The maximum absolute atomic E-state index is 12.5. The van der Waals surface area contributed by atoms with E-state index in [1.165, 1.54) is 0 Å². The van der Waals surface area contributed by atoms with Crippen LogP contribution in [0.15, 0.2) is 0 Å². The minimum absolute atomic E-state index is 0.000247. The number of aliphatic hydroxyl groups is 7. The summed E-state index contributed by atoms with van der Waals surface area (Å²) in [6.07, 6.45) is -12.6. The number of rotatable bonds is 12. The van der Waals surface area contributed by atoms with E-state index in [1.807, 2.05) is 0 Å². The molecule has 0 radical (unpaired) electrons. The Hall–Kier alpha value is -1.17. The quantitative estimate of drug-likeness (QED) is 0.0973. The number of carbonyl (C=O) groups excluding carboxylic acids is 1. The Balaban J connectivity index is 1.84. The third kappa shape index (κ3) is 8.10. The average molecular weight is 612 g/mol. The molecule has 16 atom stereocenters. The van der Waals surface area contributed by atoms with Crippen LogP contribution in [-0.2, 0) is 19.0 Å². The number of ether oxygens (including phenoxy) is 3. The second kappa shape index (κ2) is 15.7. The van der Waals surface area contributed by atoms with Crippen molar-refractivity contribution in [2.24, 2.45) is 34.6 Å². The van der Waals surface area contributed by atoms with Gasteiger partial charge in [0.15, 0.2) is 6.29 Å². The van der Waals surface area contributed by atoms with Crippen LogP contribution in [0, 0.1) is 5.92 Å². The van der Waals surface area contributed by atoms with Gasteiger partial charge in [0.05, 0.1) is 49.7 Å². The van der Waals surface area contributed by atoms with Gasteiger partial charge < -0.3 is 89.3 Å². The van der Waals surface area contributed by atoms with E-state index >= 15 is 0 Å². The summed E-state index contributed by atoms with van der Waals surface area (Å²) >= 11 is 0. The molecule has 246 valence electrons. The highest BCUT2D eigenvalue weighted by atomic mass is 16.7. The van der Waals surface area contributed by atoms with Crippen molar-refractivity contribution >= 4 is 5.91 Å². The van der Waals surface area contributed by atoms with Crippen molar-refractivity contribution < 1.29 is 54.8 Å². The second-order valence-electron chi connectivity index (χ2n) is 11.4. The first-order chi connectivity index (χ1) is 19.8. The minimum atomic E-state index is -1.58. The maximum atomic E-state index is 12.5. The van der Waals surface area contributed by atoms with Gasteiger partial charge >= 0.3 is 0 Å². The number of amides is 1. The van der Waals surface area contributed by atoms with Crippen molar-refractivity contribution in [2.45, 2.75) is 104 Å². The summed E-state index contributed by atoms with van der Waals surface area (Å²) in [5.74, 6) is -1.75. The molecule has 1 aliphatic carbocycles. The van der Waals surface area contributed by atoms with Gasteiger partial charge in [-0.1, -0.05) is 0 Å². The molecule has 2 aliphatic heterocycles. The summed E-state index contributed by atoms with van der Waals surface area (Å²) in [7, 11) is 0. The molecule has 2 heterocycles. The first-order valence-electron chi connectivity index (χ1n) is 14.2. The summed E-state index contributed by atoms with van der Waals surface area (Å²) in [6, 6.07) is -4.39. The third-order valence-electron chi connectivity index (χ3n) is 8.29. The van der Waals surface area contributed by atoms with E-state index < -0.39 is 110 Å². The first-order valence-corrected chi connectivity index (χ1v) is 14.2. The molecular weight excluding hydrogens is 562 g/mol. The number of hydrogen-bond donors (Lipinski definition) is 14. The number of hydrogen-bond acceptors (Lipinski definition) is 17. The van der Waals surface area contributed by atoms with E-state index in [1.54, 1.807) is 0 Å². The third-order valence-corrected chi connectivity index (χ3v) is 8.29. The van der Waals surface area contributed by atoms with Gasteiger partial charge in [-0.3, -0.25) is 4.79 Å². The van der Waals surface area contributed by atoms with Crippen LogP contribution in [0.5, 0.6) is 0 Å². The van der Waals surface area contributed by atoms with Gasteiger partial charge in [-0.2, -0.15) is 0 Å². The van der Waals surface area contributed by atoms with Crippen LogP contribution in [0.25, 0.3) is 0 Å². The van der Waals surface area contributed by atoms with E-state index in [9.17, 15) is 35.4 Å². The smallest absolute Gasteiger partial charge is 0.250 e.